The van der Waals surface area contributed by atoms with Crippen molar-refractivity contribution >= 4 is 17.4 Å². The van der Waals surface area contributed by atoms with Gasteiger partial charge in [-0.05, 0) is 30.3 Å². The molecule has 172 valence electrons. The zero-order chi connectivity index (χ0) is 23.0. The van der Waals surface area contributed by atoms with Gasteiger partial charge in [0, 0.05) is 36.0 Å². The lowest BCUT2D eigenvalue weighted by atomic mass is 10.1. The third-order valence-electron chi connectivity index (χ3n) is 5.42. The lowest BCUT2D eigenvalue weighted by Crippen LogP contribution is -2.36. The van der Waals surface area contributed by atoms with Crippen LogP contribution in [0.3, 0.4) is 0 Å². The Balaban J connectivity index is 1.65. The molecular formula is C25H29N5O3. The van der Waals surface area contributed by atoms with Gasteiger partial charge in [0.2, 0.25) is 5.91 Å². The van der Waals surface area contributed by atoms with Gasteiger partial charge in [-0.3, -0.25) is 4.79 Å². The van der Waals surface area contributed by atoms with Gasteiger partial charge in [0.05, 0.1) is 32.1 Å². The highest BCUT2D eigenvalue weighted by Crippen LogP contribution is 2.28. The minimum atomic E-state index is -0.0766. The molecule has 8 nitrogen and oxygen atoms in total. The summed E-state index contributed by atoms with van der Waals surface area (Å²) in [5.74, 6) is 1.37. The fraction of sp³-hybridized carbons (Fsp3) is 0.320. The van der Waals surface area contributed by atoms with Crippen LogP contribution in [0.15, 0.2) is 54.6 Å². The van der Waals surface area contributed by atoms with E-state index in [9.17, 15) is 9.90 Å². The summed E-state index contributed by atoms with van der Waals surface area (Å²) in [5.41, 5.74) is 4.12. The molecule has 0 atom stereocenters. The summed E-state index contributed by atoms with van der Waals surface area (Å²) in [5, 5.41) is 15.4. The first-order valence-electron chi connectivity index (χ1n) is 11.2. The molecule has 3 N–H and O–H groups in total. The molecule has 2 heterocycles. The van der Waals surface area contributed by atoms with Crippen LogP contribution in [0.4, 0.5) is 11.5 Å². The number of benzene rings is 2. The number of aliphatic hydroxyl groups is 1. The third kappa shape index (κ3) is 5.92. The second kappa shape index (κ2) is 11.0. The lowest BCUT2D eigenvalue weighted by molar-refractivity contribution is -0.115. The van der Waals surface area contributed by atoms with E-state index in [2.05, 4.69) is 15.5 Å². The summed E-state index contributed by atoms with van der Waals surface area (Å²) in [7, 11) is 0. The Hall–Kier alpha value is -3.33. The molecule has 1 aliphatic heterocycles. The van der Waals surface area contributed by atoms with Crippen LogP contribution in [0.2, 0.25) is 0 Å². The maximum atomic E-state index is 12.0. The molecule has 4 rings (SSSR count). The number of ether oxygens (including phenoxy) is 1. The molecule has 0 unspecified atom stereocenters. The number of hydrogen-bond acceptors (Lipinski definition) is 7. The van der Waals surface area contributed by atoms with Gasteiger partial charge < -0.3 is 25.4 Å². The summed E-state index contributed by atoms with van der Waals surface area (Å²) < 4.78 is 5.50. The maximum Gasteiger partial charge on any atom is 0.238 e. The second-order valence-electron chi connectivity index (χ2n) is 7.80. The largest absolute Gasteiger partial charge is 0.392 e. The molecule has 2 aromatic carbocycles. The predicted molar refractivity (Wildman–Crippen MR) is 129 cm³/mol. The van der Waals surface area contributed by atoms with E-state index in [-0.39, 0.29) is 19.1 Å². The quantitative estimate of drug-likeness (QED) is 0.488. The number of nitrogens with zero attached hydrogens (tertiary/aromatic N) is 3. The van der Waals surface area contributed by atoms with E-state index in [1.807, 2.05) is 61.5 Å². The first-order valence-corrected chi connectivity index (χ1v) is 11.2. The van der Waals surface area contributed by atoms with E-state index >= 15 is 0 Å². The number of amides is 1. The van der Waals surface area contributed by atoms with Crippen LogP contribution in [-0.2, 0) is 16.1 Å². The van der Waals surface area contributed by atoms with Crippen LogP contribution >= 0.6 is 0 Å². The van der Waals surface area contributed by atoms with Gasteiger partial charge in [0.15, 0.2) is 5.82 Å². The van der Waals surface area contributed by atoms with Crippen molar-refractivity contribution in [1.82, 2.24) is 15.3 Å². The molecule has 1 saturated heterocycles. The zero-order valence-corrected chi connectivity index (χ0v) is 18.8. The Morgan fingerprint density at radius 1 is 1.06 bits per heavy atom. The Bertz CT molecular complexity index is 1080. The van der Waals surface area contributed by atoms with Crippen molar-refractivity contribution in [2.75, 3.05) is 49.6 Å². The molecule has 0 aliphatic carbocycles. The highest BCUT2D eigenvalue weighted by molar-refractivity contribution is 5.92. The minimum absolute atomic E-state index is 0.0369. The Morgan fingerprint density at radius 3 is 2.58 bits per heavy atom. The average molecular weight is 448 g/mol. The van der Waals surface area contributed by atoms with Crippen LogP contribution in [-0.4, -0.2) is 60.4 Å². The molecule has 3 aromatic rings. The lowest BCUT2D eigenvalue weighted by Gasteiger charge is -2.28. The molecule has 33 heavy (non-hydrogen) atoms. The monoisotopic (exact) mass is 447 g/mol. The number of morpholine rings is 1. The topological polar surface area (TPSA) is 99.6 Å². The average Bonchev–Trinajstić information content (AvgIpc) is 2.88. The second-order valence-corrected chi connectivity index (χ2v) is 7.80. The van der Waals surface area contributed by atoms with Crippen molar-refractivity contribution < 1.29 is 14.6 Å². The standard InChI is InChI=1S/C25H29N5O3/c1-2-26-16-24(32)27-21-8-6-19(7-9-21)22-15-23(30-10-12-33-13-11-30)29-25(28-22)20-5-3-4-18(14-20)17-31/h3-9,14-15,26,31H,2,10-13,16-17H2,1H3,(H,27,32). The number of rotatable bonds is 8. The van der Waals surface area contributed by atoms with Gasteiger partial charge in [-0.15, -0.1) is 0 Å². The first-order chi connectivity index (χ1) is 16.2. The van der Waals surface area contributed by atoms with E-state index in [0.717, 1.165) is 53.5 Å². The van der Waals surface area contributed by atoms with Gasteiger partial charge in [0.1, 0.15) is 5.82 Å². The van der Waals surface area contributed by atoms with Crippen molar-refractivity contribution in [2.24, 2.45) is 0 Å². The van der Waals surface area contributed by atoms with E-state index in [0.29, 0.717) is 19.0 Å². The summed E-state index contributed by atoms with van der Waals surface area (Å²) in [4.78, 5) is 23.8. The molecule has 1 amide bonds. The number of anilines is 2. The van der Waals surface area contributed by atoms with Gasteiger partial charge in [0.25, 0.3) is 0 Å². The van der Waals surface area contributed by atoms with E-state index in [1.165, 1.54) is 0 Å². The molecule has 0 radical (unpaired) electrons. The molecule has 1 fully saturated rings. The zero-order valence-electron chi connectivity index (χ0n) is 18.8. The molecule has 0 saturated carbocycles. The molecule has 0 spiro atoms. The smallest absolute Gasteiger partial charge is 0.238 e. The highest BCUT2D eigenvalue weighted by Gasteiger charge is 2.17. The molecule has 1 aliphatic rings. The number of hydrogen-bond donors (Lipinski definition) is 3. The van der Waals surface area contributed by atoms with Crippen molar-refractivity contribution in [3.05, 3.63) is 60.2 Å². The van der Waals surface area contributed by atoms with Crippen LogP contribution in [0.1, 0.15) is 12.5 Å². The van der Waals surface area contributed by atoms with Crippen molar-refractivity contribution in [1.29, 1.82) is 0 Å². The van der Waals surface area contributed by atoms with Crippen LogP contribution in [0.25, 0.3) is 22.6 Å². The van der Waals surface area contributed by atoms with E-state index < -0.39 is 0 Å². The summed E-state index contributed by atoms with van der Waals surface area (Å²) >= 11 is 0. The van der Waals surface area contributed by atoms with Gasteiger partial charge >= 0.3 is 0 Å². The van der Waals surface area contributed by atoms with Crippen molar-refractivity contribution in [3.63, 3.8) is 0 Å². The van der Waals surface area contributed by atoms with Crippen molar-refractivity contribution in [2.45, 2.75) is 13.5 Å². The molecule has 1 aromatic heterocycles. The Morgan fingerprint density at radius 2 is 1.85 bits per heavy atom. The maximum absolute atomic E-state index is 12.0. The van der Waals surface area contributed by atoms with Crippen molar-refractivity contribution in [3.8, 4) is 22.6 Å². The third-order valence-corrected chi connectivity index (χ3v) is 5.42. The fourth-order valence-electron chi connectivity index (χ4n) is 3.64. The van der Waals surface area contributed by atoms with Crippen LogP contribution in [0, 0.1) is 0 Å². The van der Waals surface area contributed by atoms with Gasteiger partial charge in [-0.1, -0.05) is 37.3 Å². The SMILES string of the molecule is CCNCC(=O)Nc1ccc(-c2cc(N3CCOCC3)nc(-c3cccc(CO)c3)n2)cc1. The predicted octanol–water partition coefficient (Wildman–Crippen LogP) is 2.69. The molecule has 0 bridgehead atoms. The number of nitrogens with one attached hydrogen (secondary N) is 2. The van der Waals surface area contributed by atoms with Gasteiger partial charge in [-0.2, -0.15) is 0 Å². The summed E-state index contributed by atoms with van der Waals surface area (Å²) in [6, 6.07) is 17.3. The number of carbonyl (C=O) groups excluding carboxylic acids is 1. The fourth-order valence-corrected chi connectivity index (χ4v) is 3.64. The first kappa shape index (κ1) is 22.8. The highest BCUT2D eigenvalue weighted by atomic mass is 16.5. The molecular weight excluding hydrogens is 418 g/mol. The van der Waals surface area contributed by atoms with Crippen LogP contribution in [0.5, 0.6) is 0 Å². The van der Waals surface area contributed by atoms with Gasteiger partial charge in [-0.25, -0.2) is 9.97 Å². The number of aliphatic hydroxyl groups excluding tert-OH is 1. The number of carbonyl (C=O) groups is 1. The van der Waals surface area contributed by atoms with E-state index in [1.54, 1.807) is 0 Å². The Kier molecular flexibility index (Phi) is 7.62. The minimum Gasteiger partial charge on any atom is -0.392 e. The Labute approximate surface area is 193 Å². The number of aromatic nitrogens is 2. The van der Waals surface area contributed by atoms with E-state index in [4.69, 9.17) is 14.7 Å². The normalized spacial score (nSPS) is 13.7. The summed E-state index contributed by atoms with van der Waals surface area (Å²) in [6.45, 7) is 5.81. The summed E-state index contributed by atoms with van der Waals surface area (Å²) in [6.07, 6.45) is 0. The molecule has 8 heteroatoms. The van der Waals surface area contributed by atoms with Crippen LogP contribution < -0.4 is 15.5 Å². The number of likely N-dealkylation sites (N-methyl/N-ethyl adjacent to an activating group) is 1.